The van der Waals surface area contributed by atoms with Crippen LogP contribution >= 0.6 is 0 Å². The second-order valence-electron chi connectivity index (χ2n) is 6.37. The molecule has 7 heteroatoms. The number of hydrogen-bond acceptors (Lipinski definition) is 4. The highest BCUT2D eigenvalue weighted by Crippen LogP contribution is 2.30. The fourth-order valence-corrected chi connectivity index (χ4v) is 4.21. The Morgan fingerprint density at radius 2 is 2.12 bits per heavy atom. The molecule has 0 N–H and O–H groups in total. The van der Waals surface area contributed by atoms with Gasteiger partial charge in [-0.3, -0.25) is 9.67 Å². The van der Waals surface area contributed by atoms with Gasteiger partial charge in [0.1, 0.15) is 0 Å². The molecule has 1 unspecified atom stereocenters. The lowest BCUT2D eigenvalue weighted by atomic mass is 9.91. The lowest BCUT2D eigenvalue weighted by Crippen LogP contribution is -2.38. The summed E-state index contributed by atoms with van der Waals surface area (Å²) in [6.07, 6.45) is 7.81. The maximum Gasteiger partial charge on any atom is 0.211 e. The van der Waals surface area contributed by atoms with Gasteiger partial charge in [0, 0.05) is 32.0 Å². The topological polar surface area (TPSA) is 68.1 Å². The number of pyridine rings is 1. The van der Waals surface area contributed by atoms with Gasteiger partial charge in [-0.25, -0.2) is 12.7 Å². The zero-order valence-electron chi connectivity index (χ0n) is 14.2. The first-order valence-corrected chi connectivity index (χ1v) is 10.3. The van der Waals surface area contributed by atoms with Crippen molar-refractivity contribution < 1.29 is 8.42 Å². The van der Waals surface area contributed by atoms with Gasteiger partial charge in [0.25, 0.3) is 0 Å². The summed E-state index contributed by atoms with van der Waals surface area (Å²) in [6, 6.07) is 6.06. The van der Waals surface area contributed by atoms with E-state index in [-0.39, 0.29) is 5.92 Å². The second-order valence-corrected chi connectivity index (χ2v) is 8.36. The van der Waals surface area contributed by atoms with E-state index in [9.17, 15) is 8.42 Å². The van der Waals surface area contributed by atoms with Crippen molar-refractivity contribution in [2.45, 2.75) is 38.6 Å². The first-order chi connectivity index (χ1) is 11.5. The van der Waals surface area contributed by atoms with Crippen LogP contribution in [-0.2, 0) is 16.6 Å². The summed E-state index contributed by atoms with van der Waals surface area (Å²) in [5.74, 6) is 0.220. The Kier molecular flexibility index (Phi) is 5.01. The van der Waals surface area contributed by atoms with Crippen molar-refractivity contribution >= 4 is 10.0 Å². The van der Waals surface area contributed by atoms with Crippen LogP contribution in [0.5, 0.6) is 0 Å². The van der Waals surface area contributed by atoms with Crippen molar-refractivity contribution in [3.8, 4) is 11.4 Å². The van der Waals surface area contributed by atoms with E-state index in [1.54, 1.807) is 10.5 Å². The Balaban J connectivity index is 1.86. The monoisotopic (exact) mass is 348 g/mol. The van der Waals surface area contributed by atoms with Crippen molar-refractivity contribution in [3.63, 3.8) is 0 Å². The van der Waals surface area contributed by atoms with Gasteiger partial charge in [-0.1, -0.05) is 6.92 Å². The maximum atomic E-state index is 11.8. The van der Waals surface area contributed by atoms with Crippen LogP contribution in [0.15, 0.2) is 30.6 Å². The Bertz CT molecular complexity index is 800. The van der Waals surface area contributed by atoms with Crippen LogP contribution in [0.4, 0.5) is 0 Å². The number of nitrogens with zero attached hydrogens (tertiary/aromatic N) is 4. The first kappa shape index (κ1) is 17.1. The van der Waals surface area contributed by atoms with Crippen LogP contribution in [0, 0.1) is 0 Å². The Morgan fingerprint density at radius 1 is 1.29 bits per heavy atom. The summed E-state index contributed by atoms with van der Waals surface area (Å²) in [5, 5.41) is 4.36. The average molecular weight is 348 g/mol. The number of sulfonamides is 1. The molecule has 1 saturated heterocycles. The first-order valence-electron chi connectivity index (χ1n) is 8.42. The number of aromatic nitrogens is 3. The molecule has 24 heavy (non-hydrogen) atoms. The molecule has 2 aromatic heterocycles. The van der Waals surface area contributed by atoms with Crippen molar-refractivity contribution in [3.05, 3.63) is 36.2 Å². The molecule has 2 aromatic rings. The summed E-state index contributed by atoms with van der Waals surface area (Å²) in [7, 11) is -3.13. The summed E-state index contributed by atoms with van der Waals surface area (Å²) < 4.78 is 27.2. The molecule has 3 rings (SSSR count). The van der Waals surface area contributed by atoms with E-state index >= 15 is 0 Å². The number of hydrogen-bond donors (Lipinski definition) is 0. The number of piperidine rings is 1. The maximum absolute atomic E-state index is 11.8. The molecule has 0 amide bonds. The molecule has 1 aliphatic rings. The molecular formula is C17H24N4O2S. The molecule has 0 radical (unpaired) electrons. The minimum atomic E-state index is -3.13. The highest BCUT2D eigenvalue weighted by molar-refractivity contribution is 7.88. The van der Waals surface area contributed by atoms with E-state index in [1.165, 1.54) is 6.26 Å². The molecule has 0 spiro atoms. The van der Waals surface area contributed by atoms with Gasteiger partial charge < -0.3 is 0 Å². The molecule has 0 aliphatic carbocycles. The minimum absolute atomic E-state index is 0.220. The van der Waals surface area contributed by atoms with E-state index in [4.69, 9.17) is 0 Å². The fourth-order valence-electron chi connectivity index (χ4n) is 3.30. The normalized spacial score (nSPS) is 19.5. The lowest BCUT2D eigenvalue weighted by molar-refractivity contribution is 0.317. The molecule has 6 nitrogen and oxygen atoms in total. The SMILES string of the molecule is CCCn1nccc1-c1cc(C2CCCN(S(C)(=O)=O)C2)ccn1. The van der Waals surface area contributed by atoms with Crippen LogP contribution in [0.25, 0.3) is 11.4 Å². The van der Waals surface area contributed by atoms with Crippen molar-refractivity contribution in [2.24, 2.45) is 0 Å². The van der Waals surface area contributed by atoms with Gasteiger partial charge >= 0.3 is 0 Å². The standard InChI is InChI=1S/C17H24N4O2S/c1-3-10-21-17(7-9-19-21)16-12-14(6-8-18-16)15-5-4-11-20(13-15)24(2,22)23/h6-9,12,15H,3-5,10-11,13H2,1-2H3. The molecule has 3 heterocycles. The van der Waals surface area contributed by atoms with Crippen molar-refractivity contribution in [2.75, 3.05) is 19.3 Å². The van der Waals surface area contributed by atoms with Crippen LogP contribution < -0.4 is 0 Å². The zero-order valence-corrected chi connectivity index (χ0v) is 15.0. The van der Waals surface area contributed by atoms with Crippen LogP contribution in [-0.4, -0.2) is 46.8 Å². The zero-order chi connectivity index (χ0) is 17.2. The van der Waals surface area contributed by atoms with Gasteiger partial charge in [-0.2, -0.15) is 5.10 Å². The molecular weight excluding hydrogens is 324 g/mol. The van der Waals surface area contributed by atoms with Gasteiger partial charge in [-0.15, -0.1) is 0 Å². The van der Waals surface area contributed by atoms with Gasteiger partial charge in [-0.05, 0) is 48.9 Å². The Morgan fingerprint density at radius 3 is 2.88 bits per heavy atom. The Hall–Kier alpha value is -1.73. The summed E-state index contributed by atoms with van der Waals surface area (Å²) >= 11 is 0. The van der Waals surface area contributed by atoms with E-state index in [2.05, 4.69) is 23.1 Å². The van der Waals surface area contributed by atoms with Gasteiger partial charge in [0.05, 0.1) is 17.6 Å². The van der Waals surface area contributed by atoms with Crippen LogP contribution in [0.2, 0.25) is 0 Å². The summed E-state index contributed by atoms with van der Waals surface area (Å²) in [6.45, 7) is 4.16. The predicted octanol–water partition coefficient (Wildman–Crippen LogP) is 2.49. The highest BCUT2D eigenvalue weighted by Gasteiger charge is 2.27. The van der Waals surface area contributed by atoms with E-state index in [0.717, 1.165) is 42.8 Å². The van der Waals surface area contributed by atoms with Crippen LogP contribution in [0.3, 0.4) is 0 Å². The van der Waals surface area contributed by atoms with Gasteiger partial charge in [0.2, 0.25) is 10.0 Å². The van der Waals surface area contributed by atoms with Crippen LogP contribution in [0.1, 0.15) is 37.7 Å². The van der Waals surface area contributed by atoms with E-state index in [1.807, 2.05) is 23.0 Å². The lowest BCUT2D eigenvalue weighted by Gasteiger charge is -2.31. The summed E-state index contributed by atoms with van der Waals surface area (Å²) in [4.78, 5) is 4.49. The second kappa shape index (κ2) is 7.03. The third-order valence-electron chi connectivity index (χ3n) is 4.52. The molecule has 1 atom stereocenters. The molecule has 0 saturated carbocycles. The Labute approximate surface area is 143 Å². The molecule has 130 valence electrons. The number of aryl methyl sites for hydroxylation is 1. The smallest absolute Gasteiger partial charge is 0.211 e. The quantitative estimate of drug-likeness (QED) is 0.832. The minimum Gasteiger partial charge on any atom is -0.263 e. The number of rotatable bonds is 5. The highest BCUT2D eigenvalue weighted by atomic mass is 32.2. The third-order valence-corrected chi connectivity index (χ3v) is 5.79. The fraction of sp³-hybridized carbons (Fsp3) is 0.529. The summed E-state index contributed by atoms with van der Waals surface area (Å²) in [5.41, 5.74) is 3.06. The third kappa shape index (κ3) is 3.67. The molecule has 1 aliphatic heterocycles. The molecule has 0 bridgehead atoms. The van der Waals surface area contributed by atoms with Crippen molar-refractivity contribution in [1.29, 1.82) is 0 Å². The van der Waals surface area contributed by atoms with E-state index < -0.39 is 10.0 Å². The van der Waals surface area contributed by atoms with E-state index in [0.29, 0.717) is 13.1 Å². The predicted molar refractivity (Wildman–Crippen MR) is 94.1 cm³/mol. The molecule has 1 fully saturated rings. The average Bonchev–Trinajstić information content (AvgIpc) is 3.03. The molecule has 0 aromatic carbocycles. The largest absolute Gasteiger partial charge is 0.263 e. The van der Waals surface area contributed by atoms with Gasteiger partial charge in [0.15, 0.2) is 0 Å². The van der Waals surface area contributed by atoms with Crippen molar-refractivity contribution in [1.82, 2.24) is 19.1 Å².